The van der Waals surface area contributed by atoms with Crippen molar-refractivity contribution in [3.8, 4) is 0 Å². The summed E-state index contributed by atoms with van der Waals surface area (Å²) in [6.45, 7) is 7.47. The number of amides is 1. The van der Waals surface area contributed by atoms with Gasteiger partial charge in [-0.15, -0.1) is 11.3 Å². The molecule has 2 N–H and O–H groups in total. The fourth-order valence-corrected chi connectivity index (χ4v) is 2.88. The standard InChI is InChI=1S/C14H20N4O2S/c1-4-18(5-2)14(20)9(3)15-8-11-16-10-6-7-21-12(10)13(19)17-11/h6-7,9,15H,4-5,8H2,1-3H3,(H,16,17,19). The summed E-state index contributed by atoms with van der Waals surface area (Å²) in [5, 5.41) is 4.96. The van der Waals surface area contributed by atoms with Crippen molar-refractivity contribution in [1.29, 1.82) is 0 Å². The quantitative estimate of drug-likeness (QED) is 0.844. The van der Waals surface area contributed by atoms with Crippen molar-refractivity contribution in [2.45, 2.75) is 33.4 Å². The molecule has 0 bridgehead atoms. The third kappa shape index (κ3) is 3.48. The summed E-state index contributed by atoms with van der Waals surface area (Å²) in [4.78, 5) is 32.9. The van der Waals surface area contributed by atoms with E-state index in [9.17, 15) is 9.59 Å². The first-order valence-corrected chi connectivity index (χ1v) is 7.93. The topological polar surface area (TPSA) is 78.1 Å². The van der Waals surface area contributed by atoms with Crippen molar-refractivity contribution in [3.63, 3.8) is 0 Å². The Hall–Kier alpha value is -1.73. The van der Waals surface area contributed by atoms with Gasteiger partial charge >= 0.3 is 0 Å². The minimum Gasteiger partial charge on any atom is -0.342 e. The second-order valence-electron chi connectivity index (χ2n) is 4.76. The number of fused-ring (bicyclic) bond motifs is 1. The Morgan fingerprint density at radius 1 is 1.48 bits per heavy atom. The number of hydrogen-bond donors (Lipinski definition) is 2. The molecule has 2 aromatic heterocycles. The number of H-pyrrole nitrogens is 1. The molecular formula is C14H20N4O2S. The van der Waals surface area contributed by atoms with Crippen LogP contribution in [0.25, 0.3) is 10.2 Å². The van der Waals surface area contributed by atoms with Crippen LogP contribution in [0.1, 0.15) is 26.6 Å². The molecule has 2 aromatic rings. The summed E-state index contributed by atoms with van der Waals surface area (Å²) in [5.74, 6) is 0.601. The number of likely N-dealkylation sites (N-methyl/N-ethyl adjacent to an activating group) is 1. The van der Waals surface area contributed by atoms with E-state index < -0.39 is 0 Å². The number of thiophene rings is 1. The number of aromatic nitrogens is 2. The van der Waals surface area contributed by atoms with Gasteiger partial charge in [0.05, 0.1) is 18.1 Å². The van der Waals surface area contributed by atoms with Gasteiger partial charge in [-0.3, -0.25) is 14.9 Å². The molecule has 2 rings (SSSR count). The maximum atomic E-state index is 12.1. The summed E-state index contributed by atoms with van der Waals surface area (Å²) in [6.07, 6.45) is 0. The summed E-state index contributed by atoms with van der Waals surface area (Å²) >= 11 is 1.37. The molecular weight excluding hydrogens is 288 g/mol. The minimum atomic E-state index is -0.312. The molecule has 7 heteroatoms. The number of carbonyl (C=O) groups excluding carboxylic acids is 1. The van der Waals surface area contributed by atoms with E-state index in [0.717, 1.165) is 0 Å². The third-order valence-corrected chi connectivity index (χ3v) is 4.29. The van der Waals surface area contributed by atoms with Gasteiger partial charge in [0.2, 0.25) is 5.91 Å². The van der Waals surface area contributed by atoms with Gasteiger partial charge in [0.25, 0.3) is 5.56 Å². The Kier molecular flexibility index (Phi) is 5.08. The van der Waals surface area contributed by atoms with Gasteiger partial charge in [-0.05, 0) is 32.2 Å². The van der Waals surface area contributed by atoms with Crippen molar-refractivity contribution in [3.05, 3.63) is 27.6 Å². The molecule has 0 aliphatic carbocycles. The van der Waals surface area contributed by atoms with Crippen LogP contribution in [0.5, 0.6) is 0 Å². The largest absolute Gasteiger partial charge is 0.342 e. The molecule has 0 aliphatic rings. The average molecular weight is 308 g/mol. The molecule has 0 radical (unpaired) electrons. The zero-order chi connectivity index (χ0) is 15.4. The SMILES string of the molecule is CCN(CC)C(=O)C(C)NCc1nc2ccsc2c(=O)[nH]1. The molecule has 1 atom stereocenters. The summed E-state index contributed by atoms with van der Waals surface area (Å²) in [7, 11) is 0. The highest BCUT2D eigenvalue weighted by Crippen LogP contribution is 2.13. The van der Waals surface area contributed by atoms with Crippen LogP contribution in [0.15, 0.2) is 16.2 Å². The van der Waals surface area contributed by atoms with Gasteiger partial charge in [-0.2, -0.15) is 0 Å². The number of nitrogens with one attached hydrogen (secondary N) is 2. The Labute approximate surface area is 127 Å². The fourth-order valence-electron chi connectivity index (χ4n) is 2.15. The summed E-state index contributed by atoms with van der Waals surface area (Å²) in [6, 6.07) is 1.51. The van der Waals surface area contributed by atoms with Crippen molar-refractivity contribution in [2.75, 3.05) is 13.1 Å². The van der Waals surface area contributed by atoms with Gasteiger partial charge in [-0.1, -0.05) is 0 Å². The minimum absolute atomic E-state index is 0.0546. The van der Waals surface area contributed by atoms with Crippen LogP contribution in [0, 0.1) is 0 Å². The number of carbonyl (C=O) groups is 1. The van der Waals surface area contributed by atoms with Crippen molar-refractivity contribution < 1.29 is 4.79 Å². The van der Waals surface area contributed by atoms with E-state index in [1.165, 1.54) is 11.3 Å². The van der Waals surface area contributed by atoms with Gasteiger partial charge in [0, 0.05) is 13.1 Å². The van der Waals surface area contributed by atoms with E-state index in [0.29, 0.717) is 35.7 Å². The second-order valence-corrected chi connectivity index (χ2v) is 5.68. The Morgan fingerprint density at radius 3 is 2.86 bits per heavy atom. The highest BCUT2D eigenvalue weighted by atomic mass is 32.1. The van der Waals surface area contributed by atoms with Crippen LogP contribution in [-0.2, 0) is 11.3 Å². The smallest absolute Gasteiger partial charge is 0.268 e. The number of rotatable bonds is 6. The number of aromatic amines is 1. The first kappa shape index (κ1) is 15.7. The van der Waals surface area contributed by atoms with E-state index in [2.05, 4.69) is 15.3 Å². The Morgan fingerprint density at radius 2 is 2.19 bits per heavy atom. The molecule has 1 amide bonds. The van der Waals surface area contributed by atoms with Crippen LogP contribution >= 0.6 is 11.3 Å². The lowest BCUT2D eigenvalue weighted by molar-refractivity contribution is -0.132. The average Bonchev–Trinajstić information content (AvgIpc) is 2.94. The lowest BCUT2D eigenvalue weighted by Crippen LogP contribution is -2.44. The normalized spacial score (nSPS) is 12.5. The molecule has 1 unspecified atom stereocenters. The van der Waals surface area contributed by atoms with E-state index in [1.54, 1.807) is 4.90 Å². The Bertz CT molecular complexity index is 675. The predicted molar refractivity (Wildman–Crippen MR) is 84.5 cm³/mol. The van der Waals surface area contributed by atoms with Crippen LogP contribution in [0.3, 0.4) is 0 Å². The zero-order valence-electron chi connectivity index (χ0n) is 12.5. The zero-order valence-corrected chi connectivity index (χ0v) is 13.3. The van der Waals surface area contributed by atoms with Gasteiger partial charge in [-0.25, -0.2) is 4.98 Å². The van der Waals surface area contributed by atoms with Gasteiger partial charge in [0.15, 0.2) is 0 Å². The Balaban J connectivity index is 2.04. The predicted octanol–water partition coefficient (Wildman–Crippen LogP) is 1.33. The van der Waals surface area contributed by atoms with Crippen molar-refractivity contribution >= 4 is 27.5 Å². The van der Waals surface area contributed by atoms with E-state index >= 15 is 0 Å². The van der Waals surface area contributed by atoms with Gasteiger partial charge < -0.3 is 9.88 Å². The maximum absolute atomic E-state index is 12.1. The molecule has 2 heterocycles. The van der Waals surface area contributed by atoms with Crippen LogP contribution in [0.4, 0.5) is 0 Å². The molecule has 0 saturated heterocycles. The molecule has 114 valence electrons. The fraction of sp³-hybridized carbons (Fsp3) is 0.500. The number of hydrogen-bond acceptors (Lipinski definition) is 5. The molecule has 6 nitrogen and oxygen atoms in total. The highest BCUT2D eigenvalue weighted by molar-refractivity contribution is 7.17. The second kappa shape index (κ2) is 6.82. The maximum Gasteiger partial charge on any atom is 0.268 e. The van der Waals surface area contributed by atoms with E-state index in [-0.39, 0.29) is 17.5 Å². The summed E-state index contributed by atoms with van der Waals surface area (Å²) in [5.41, 5.74) is 0.567. The monoisotopic (exact) mass is 308 g/mol. The lowest BCUT2D eigenvalue weighted by atomic mass is 10.2. The first-order valence-electron chi connectivity index (χ1n) is 7.05. The number of nitrogens with zero attached hydrogens (tertiary/aromatic N) is 2. The van der Waals surface area contributed by atoms with Crippen molar-refractivity contribution in [2.24, 2.45) is 0 Å². The molecule has 0 aromatic carbocycles. The third-order valence-electron chi connectivity index (χ3n) is 3.39. The molecule has 0 saturated carbocycles. The molecule has 0 spiro atoms. The summed E-state index contributed by atoms with van der Waals surface area (Å²) < 4.78 is 0.631. The lowest BCUT2D eigenvalue weighted by Gasteiger charge is -2.23. The molecule has 0 fully saturated rings. The van der Waals surface area contributed by atoms with Crippen molar-refractivity contribution in [1.82, 2.24) is 20.2 Å². The van der Waals surface area contributed by atoms with E-state index in [4.69, 9.17) is 0 Å². The van der Waals surface area contributed by atoms with Crippen LogP contribution < -0.4 is 10.9 Å². The van der Waals surface area contributed by atoms with Gasteiger partial charge in [0.1, 0.15) is 10.5 Å². The first-order chi connectivity index (χ1) is 10.1. The molecule has 21 heavy (non-hydrogen) atoms. The van der Waals surface area contributed by atoms with Crippen LogP contribution in [0.2, 0.25) is 0 Å². The molecule has 0 aliphatic heterocycles. The van der Waals surface area contributed by atoms with E-state index in [1.807, 2.05) is 32.2 Å². The van der Waals surface area contributed by atoms with Crippen LogP contribution in [-0.4, -0.2) is 39.9 Å². The highest BCUT2D eigenvalue weighted by Gasteiger charge is 2.17.